The van der Waals surface area contributed by atoms with Gasteiger partial charge in [0.25, 0.3) is 0 Å². The molecular weight excluding hydrogens is 340 g/mol. The fourth-order valence-corrected chi connectivity index (χ4v) is 3.74. The largest absolute Gasteiger partial charge is 0.455 e. The van der Waals surface area contributed by atoms with Crippen molar-refractivity contribution in [2.24, 2.45) is 0 Å². The van der Waals surface area contributed by atoms with E-state index in [0.717, 1.165) is 44.2 Å². The minimum Gasteiger partial charge on any atom is -0.455 e. The zero-order chi connectivity index (χ0) is 17.5. The lowest BCUT2D eigenvalue weighted by Gasteiger charge is -2.11. The number of rotatable bonds is 2. The fourth-order valence-electron chi connectivity index (χ4n) is 3.57. The summed E-state index contributed by atoms with van der Waals surface area (Å²) in [6, 6.07) is 30.8. The number of hydrogen-bond donors (Lipinski definition) is 0. The highest BCUT2D eigenvalue weighted by Crippen LogP contribution is 2.40. The van der Waals surface area contributed by atoms with Crippen molar-refractivity contribution in [3.8, 4) is 22.3 Å². The predicted octanol–water partition coefficient (Wildman–Crippen LogP) is 7.57. The standard InChI is InChI=1S/C24H15ClO/c25-17-13-14-18(16-7-2-1-3-8-16)22(15-17)21-11-6-10-20-19-9-4-5-12-23(19)26-24(20)21/h1-15H. The van der Waals surface area contributed by atoms with Crippen LogP contribution in [0.1, 0.15) is 0 Å². The molecular formula is C24H15ClO. The van der Waals surface area contributed by atoms with Gasteiger partial charge >= 0.3 is 0 Å². The molecule has 4 aromatic carbocycles. The molecule has 0 aliphatic carbocycles. The van der Waals surface area contributed by atoms with E-state index in [0.29, 0.717) is 5.02 Å². The van der Waals surface area contributed by atoms with Crippen LogP contribution in [0.25, 0.3) is 44.2 Å². The monoisotopic (exact) mass is 354 g/mol. The topological polar surface area (TPSA) is 13.1 Å². The Morgan fingerprint density at radius 3 is 2.23 bits per heavy atom. The number of hydrogen-bond acceptors (Lipinski definition) is 1. The second-order valence-electron chi connectivity index (χ2n) is 6.34. The first-order valence-electron chi connectivity index (χ1n) is 8.57. The first-order valence-corrected chi connectivity index (χ1v) is 8.95. The van der Waals surface area contributed by atoms with Gasteiger partial charge in [-0.15, -0.1) is 0 Å². The molecule has 26 heavy (non-hydrogen) atoms. The molecule has 0 bridgehead atoms. The van der Waals surface area contributed by atoms with Crippen LogP contribution >= 0.6 is 11.6 Å². The third-order valence-electron chi connectivity index (χ3n) is 4.76. The smallest absolute Gasteiger partial charge is 0.143 e. The summed E-state index contributed by atoms with van der Waals surface area (Å²) in [5.74, 6) is 0. The van der Waals surface area contributed by atoms with Gasteiger partial charge in [-0.05, 0) is 34.9 Å². The average Bonchev–Trinajstić information content (AvgIpc) is 3.07. The van der Waals surface area contributed by atoms with Crippen molar-refractivity contribution in [1.29, 1.82) is 0 Å². The summed E-state index contributed by atoms with van der Waals surface area (Å²) in [5.41, 5.74) is 6.23. The van der Waals surface area contributed by atoms with Gasteiger partial charge in [0.1, 0.15) is 11.2 Å². The lowest BCUT2D eigenvalue weighted by molar-refractivity contribution is 0.670. The van der Waals surface area contributed by atoms with E-state index in [2.05, 4.69) is 54.6 Å². The van der Waals surface area contributed by atoms with Crippen molar-refractivity contribution in [3.63, 3.8) is 0 Å². The summed E-state index contributed by atoms with van der Waals surface area (Å²) >= 11 is 6.35. The molecule has 5 aromatic rings. The van der Waals surface area contributed by atoms with Crippen molar-refractivity contribution in [2.45, 2.75) is 0 Å². The van der Waals surface area contributed by atoms with Gasteiger partial charge in [0.2, 0.25) is 0 Å². The van der Waals surface area contributed by atoms with Gasteiger partial charge in [-0.3, -0.25) is 0 Å². The summed E-state index contributed by atoms with van der Waals surface area (Å²) < 4.78 is 6.23. The maximum atomic E-state index is 6.35. The zero-order valence-electron chi connectivity index (χ0n) is 13.9. The minimum absolute atomic E-state index is 0.716. The van der Waals surface area contributed by atoms with Crippen LogP contribution in [-0.2, 0) is 0 Å². The Labute approximate surface area is 156 Å². The van der Waals surface area contributed by atoms with Crippen LogP contribution in [0.2, 0.25) is 5.02 Å². The molecule has 0 N–H and O–H groups in total. The zero-order valence-corrected chi connectivity index (χ0v) is 14.7. The van der Waals surface area contributed by atoms with Crippen molar-refractivity contribution in [1.82, 2.24) is 0 Å². The highest BCUT2D eigenvalue weighted by atomic mass is 35.5. The highest BCUT2D eigenvalue weighted by molar-refractivity contribution is 6.31. The molecule has 2 heteroatoms. The molecule has 5 rings (SSSR count). The molecule has 1 nitrogen and oxygen atoms in total. The molecule has 0 atom stereocenters. The van der Waals surface area contributed by atoms with E-state index in [1.54, 1.807) is 0 Å². The van der Waals surface area contributed by atoms with Crippen LogP contribution in [-0.4, -0.2) is 0 Å². The van der Waals surface area contributed by atoms with Crippen LogP contribution in [0.4, 0.5) is 0 Å². The summed E-state index contributed by atoms with van der Waals surface area (Å²) in [6.07, 6.45) is 0. The fraction of sp³-hybridized carbons (Fsp3) is 0. The summed E-state index contributed by atoms with van der Waals surface area (Å²) in [7, 11) is 0. The lowest BCUT2D eigenvalue weighted by Crippen LogP contribution is -1.86. The lowest BCUT2D eigenvalue weighted by atomic mass is 9.93. The first kappa shape index (κ1) is 15.2. The van der Waals surface area contributed by atoms with Crippen LogP contribution in [0.3, 0.4) is 0 Å². The van der Waals surface area contributed by atoms with Gasteiger partial charge < -0.3 is 4.42 Å². The molecule has 124 valence electrons. The van der Waals surface area contributed by atoms with Gasteiger partial charge in [0.15, 0.2) is 0 Å². The van der Waals surface area contributed by atoms with E-state index in [1.807, 2.05) is 36.4 Å². The summed E-state index contributed by atoms with van der Waals surface area (Å²) in [5, 5.41) is 2.97. The molecule has 0 unspecified atom stereocenters. The molecule has 0 radical (unpaired) electrons. The van der Waals surface area contributed by atoms with Crippen molar-refractivity contribution in [3.05, 3.63) is 96.0 Å². The Bertz CT molecular complexity index is 1240. The maximum Gasteiger partial charge on any atom is 0.143 e. The number of halogens is 1. The van der Waals surface area contributed by atoms with Gasteiger partial charge in [-0.25, -0.2) is 0 Å². The van der Waals surface area contributed by atoms with E-state index in [1.165, 1.54) is 0 Å². The van der Waals surface area contributed by atoms with E-state index in [-0.39, 0.29) is 0 Å². The Hall–Kier alpha value is -3.03. The van der Waals surface area contributed by atoms with Crippen molar-refractivity contribution < 1.29 is 4.42 Å². The number of furan rings is 1. The van der Waals surface area contributed by atoms with E-state index in [4.69, 9.17) is 16.0 Å². The quantitative estimate of drug-likeness (QED) is 0.318. The summed E-state index contributed by atoms with van der Waals surface area (Å²) in [4.78, 5) is 0. The number of para-hydroxylation sites is 2. The SMILES string of the molecule is Clc1ccc(-c2ccccc2)c(-c2cccc3c2oc2ccccc23)c1. The minimum atomic E-state index is 0.716. The van der Waals surface area contributed by atoms with Crippen molar-refractivity contribution >= 4 is 33.5 Å². The van der Waals surface area contributed by atoms with Gasteiger partial charge in [-0.1, -0.05) is 84.4 Å². The molecule has 1 heterocycles. The maximum absolute atomic E-state index is 6.35. The predicted molar refractivity (Wildman–Crippen MR) is 110 cm³/mol. The molecule has 0 aliphatic heterocycles. The third-order valence-corrected chi connectivity index (χ3v) is 5.00. The molecule has 0 aliphatic rings. The molecule has 0 saturated heterocycles. The van der Waals surface area contributed by atoms with E-state index >= 15 is 0 Å². The Morgan fingerprint density at radius 2 is 1.35 bits per heavy atom. The summed E-state index contributed by atoms with van der Waals surface area (Å²) in [6.45, 7) is 0. The molecule has 0 amide bonds. The van der Waals surface area contributed by atoms with Crippen LogP contribution in [0, 0.1) is 0 Å². The average molecular weight is 355 g/mol. The molecule has 0 spiro atoms. The van der Waals surface area contributed by atoms with Gasteiger partial charge in [-0.2, -0.15) is 0 Å². The molecule has 0 saturated carbocycles. The molecule has 0 fully saturated rings. The van der Waals surface area contributed by atoms with Crippen LogP contribution in [0.15, 0.2) is 95.4 Å². The third kappa shape index (κ3) is 2.40. The van der Waals surface area contributed by atoms with Crippen molar-refractivity contribution in [2.75, 3.05) is 0 Å². The number of benzene rings is 4. The van der Waals surface area contributed by atoms with E-state index in [9.17, 15) is 0 Å². The van der Waals surface area contributed by atoms with Gasteiger partial charge in [0.05, 0.1) is 0 Å². The Kier molecular flexibility index (Phi) is 3.55. The Balaban J connectivity index is 1.85. The van der Waals surface area contributed by atoms with Crippen LogP contribution < -0.4 is 0 Å². The van der Waals surface area contributed by atoms with Gasteiger partial charge in [0, 0.05) is 21.4 Å². The second kappa shape index (κ2) is 6.05. The normalized spacial score (nSPS) is 11.3. The second-order valence-corrected chi connectivity index (χ2v) is 6.77. The first-order chi connectivity index (χ1) is 12.8. The Morgan fingerprint density at radius 1 is 0.577 bits per heavy atom. The molecule has 1 aromatic heterocycles. The van der Waals surface area contributed by atoms with E-state index < -0.39 is 0 Å². The highest BCUT2D eigenvalue weighted by Gasteiger charge is 2.15. The van der Waals surface area contributed by atoms with Crippen LogP contribution in [0.5, 0.6) is 0 Å². The number of fused-ring (bicyclic) bond motifs is 3.